The first kappa shape index (κ1) is 23.7. The normalized spacial score (nSPS) is 14.9. The van der Waals surface area contributed by atoms with Gasteiger partial charge in [-0.25, -0.2) is 0 Å². The van der Waals surface area contributed by atoms with E-state index in [0.717, 1.165) is 47.3 Å². The minimum atomic E-state index is -0.425. The Labute approximate surface area is 210 Å². The third-order valence-electron chi connectivity index (χ3n) is 6.66. The van der Waals surface area contributed by atoms with Gasteiger partial charge in [0.2, 0.25) is 0 Å². The molecule has 4 aromatic rings. The largest absolute Gasteiger partial charge is 0.507 e. The maximum absolute atomic E-state index is 13.6. The van der Waals surface area contributed by atoms with Crippen molar-refractivity contribution < 1.29 is 19.1 Å². The van der Waals surface area contributed by atoms with Gasteiger partial charge in [-0.15, -0.1) is 0 Å². The fourth-order valence-electron chi connectivity index (χ4n) is 4.94. The molecule has 36 heavy (non-hydrogen) atoms. The molecule has 1 aliphatic rings. The number of benzene rings is 2. The van der Waals surface area contributed by atoms with Crippen molar-refractivity contribution in [3.05, 3.63) is 88.5 Å². The molecule has 2 N–H and O–H groups in total. The highest BCUT2D eigenvalue weighted by molar-refractivity contribution is 6.00. The molecule has 0 saturated carbocycles. The predicted octanol–water partition coefficient (Wildman–Crippen LogP) is 6.31. The van der Waals surface area contributed by atoms with Crippen LogP contribution in [0.3, 0.4) is 0 Å². The van der Waals surface area contributed by atoms with E-state index in [9.17, 15) is 9.90 Å². The van der Waals surface area contributed by atoms with Crippen molar-refractivity contribution in [3.63, 3.8) is 0 Å². The number of unbranched alkanes of at least 4 members (excludes halogenated alkanes) is 2. The molecular formula is C29H31N3O4. The summed E-state index contributed by atoms with van der Waals surface area (Å²) >= 11 is 0. The predicted molar refractivity (Wildman–Crippen MR) is 137 cm³/mol. The average molecular weight is 486 g/mol. The van der Waals surface area contributed by atoms with Crippen LogP contribution in [0.15, 0.2) is 59.2 Å². The van der Waals surface area contributed by atoms with Gasteiger partial charge in [0.1, 0.15) is 28.6 Å². The van der Waals surface area contributed by atoms with E-state index in [0.29, 0.717) is 35.9 Å². The number of aromatic nitrogens is 2. The average Bonchev–Trinajstić information content (AvgIpc) is 3.59. The Kier molecular flexibility index (Phi) is 6.55. The fraction of sp³-hybridized carbons (Fsp3) is 0.310. The van der Waals surface area contributed by atoms with Crippen molar-refractivity contribution in [1.29, 1.82) is 0 Å². The van der Waals surface area contributed by atoms with E-state index < -0.39 is 6.04 Å². The molecule has 0 aliphatic carbocycles. The summed E-state index contributed by atoms with van der Waals surface area (Å²) in [5, 5.41) is 18.4. The first-order valence-electron chi connectivity index (χ1n) is 12.4. The Morgan fingerprint density at radius 3 is 2.78 bits per heavy atom. The van der Waals surface area contributed by atoms with Crippen LogP contribution in [0.5, 0.6) is 11.5 Å². The number of aromatic hydroxyl groups is 1. The molecule has 0 bridgehead atoms. The van der Waals surface area contributed by atoms with Crippen LogP contribution in [0.4, 0.5) is 0 Å². The Morgan fingerprint density at radius 2 is 2.00 bits per heavy atom. The van der Waals surface area contributed by atoms with E-state index >= 15 is 0 Å². The smallest absolute Gasteiger partial charge is 0.273 e. The Morgan fingerprint density at radius 1 is 1.14 bits per heavy atom. The molecule has 2 aromatic carbocycles. The SMILES string of the molecule is CCCCCOc1cccc(C2c3c(-c4cc(C)cc(C)c4O)n[nH]c3C(=O)N2Cc2ccco2)c1. The lowest BCUT2D eigenvalue weighted by Gasteiger charge is -2.26. The maximum Gasteiger partial charge on any atom is 0.273 e. The molecule has 186 valence electrons. The van der Waals surface area contributed by atoms with Crippen LogP contribution in [0, 0.1) is 13.8 Å². The van der Waals surface area contributed by atoms with Gasteiger partial charge in [0.05, 0.1) is 25.5 Å². The van der Waals surface area contributed by atoms with E-state index in [1.807, 2.05) is 62.4 Å². The number of ether oxygens (including phenoxy) is 1. The third-order valence-corrected chi connectivity index (χ3v) is 6.66. The third kappa shape index (κ3) is 4.37. The zero-order valence-electron chi connectivity index (χ0n) is 20.9. The zero-order valence-corrected chi connectivity index (χ0v) is 20.9. The summed E-state index contributed by atoms with van der Waals surface area (Å²) < 4.78 is 11.6. The van der Waals surface area contributed by atoms with Gasteiger partial charge in [-0.3, -0.25) is 9.89 Å². The molecular weight excluding hydrogens is 454 g/mol. The van der Waals surface area contributed by atoms with Crippen LogP contribution in [0.2, 0.25) is 0 Å². The Bertz CT molecular complexity index is 1370. The molecule has 1 aliphatic heterocycles. The monoisotopic (exact) mass is 485 g/mol. The van der Waals surface area contributed by atoms with Crippen molar-refractivity contribution in [3.8, 4) is 22.8 Å². The second-order valence-corrected chi connectivity index (χ2v) is 9.38. The lowest BCUT2D eigenvalue weighted by molar-refractivity contribution is 0.0716. The molecule has 7 heteroatoms. The van der Waals surface area contributed by atoms with Crippen LogP contribution in [-0.2, 0) is 6.54 Å². The number of hydrogen-bond donors (Lipinski definition) is 2. The van der Waals surface area contributed by atoms with E-state index in [4.69, 9.17) is 9.15 Å². The Balaban J connectivity index is 1.60. The number of rotatable bonds is 9. The summed E-state index contributed by atoms with van der Waals surface area (Å²) in [5.74, 6) is 1.46. The topological polar surface area (TPSA) is 91.6 Å². The standard InChI is InChI=1S/C29H31N3O4/c1-4-5-6-12-35-21-10-7-9-20(16-21)27-24-25(23-15-18(2)14-19(3)28(23)33)30-31-26(24)29(34)32(27)17-22-11-8-13-36-22/h7-11,13-16,27,33H,4-6,12,17H2,1-3H3,(H,30,31). The number of nitrogens with zero attached hydrogens (tertiary/aromatic N) is 2. The van der Waals surface area contributed by atoms with E-state index in [2.05, 4.69) is 17.1 Å². The molecule has 0 saturated heterocycles. The highest BCUT2D eigenvalue weighted by Crippen LogP contribution is 2.46. The van der Waals surface area contributed by atoms with Gasteiger partial charge < -0.3 is 19.2 Å². The number of aryl methyl sites for hydroxylation is 2. The Hall–Kier alpha value is -4.00. The molecule has 7 nitrogen and oxygen atoms in total. The van der Waals surface area contributed by atoms with E-state index in [1.54, 1.807) is 11.2 Å². The van der Waals surface area contributed by atoms with Crippen LogP contribution >= 0.6 is 0 Å². The number of aromatic amines is 1. The number of carbonyl (C=O) groups excluding carboxylic acids is 1. The lowest BCUT2D eigenvalue weighted by atomic mass is 9.94. The van der Waals surface area contributed by atoms with Crippen molar-refractivity contribution >= 4 is 5.91 Å². The summed E-state index contributed by atoms with van der Waals surface area (Å²) in [4.78, 5) is 15.4. The summed E-state index contributed by atoms with van der Waals surface area (Å²) in [6.45, 7) is 6.96. The molecule has 0 spiro atoms. The van der Waals surface area contributed by atoms with E-state index in [-0.39, 0.29) is 11.7 Å². The fourth-order valence-corrected chi connectivity index (χ4v) is 4.94. The summed E-state index contributed by atoms with van der Waals surface area (Å²) in [6.07, 6.45) is 4.85. The number of carbonyl (C=O) groups is 1. The first-order valence-corrected chi connectivity index (χ1v) is 12.4. The van der Waals surface area contributed by atoms with Crippen LogP contribution < -0.4 is 4.74 Å². The summed E-state index contributed by atoms with van der Waals surface area (Å²) in [6, 6.07) is 15.0. The molecule has 1 unspecified atom stereocenters. The van der Waals surface area contributed by atoms with Gasteiger partial charge in [0.25, 0.3) is 5.91 Å². The van der Waals surface area contributed by atoms with Gasteiger partial charge in [0.15, 0.2) is 0 Å². The van der Waals surface area contributed by atoms with Gasteiger partial charge in [-0.05, 0) is 67.3 Å². The number of furan rings is 1. The number of nitrogens with one attached hydrogen (secondary N) is 1. The minimum Gasteiger partial charge on any atom is -0.507 e. The van der Waals surface area contributed by atoms with E-state index in [1.165, 1.54) is 0 Å². The number of hydrogen-bond acceptors (Lipinski definition) is 5. The summed E-state index contributed by atoms with van der Waals surface area (Å²) in [5.41, 5.74) is 5.03. The van der Waals surface area contributed by atoms with Gasteiger partial charge in [-0.1, -0.05) is 38.0 Å². The molecule has 3 heterocycles. The quantitative estimate of drug-likeness (QED) is 0.271. The van der Waals surface area contributed by atoms with Crippen LogP contribution in [0.1, 0.15) is 70.7 Å². The number of phenolic OH excluding ortho intramolecular Hbond substituents is 1. The molecule has 1 amide bonds. The van der Waals surface area contributed by atoms with Gasteiger partial charge in [0, 0.05) is 11.1 Å². The number of H-pyrrole nitrogens is 1. The second kappa shape index (κ2) is 9.93. The highest BCUT2D eigenvalue weighted by Gasteiger charge is 2.43. The zero-order chi connectivity index (χ0) is 25.2. The number of fused-ring (bicyclic) bond motifs is 1. The number of phenols is 1. The molecule has 1 atom stereocenters. The van der Waals surface area contributed by atoms with Crippen molar-refractivity contribution in [2.75, 3.05) is 6.61 Å². The molecule has 0 radical (unpaired) electrons. The molecule has 2 aromatic heterocycles. The van der Waals surface area contributed by atoms with Crippen LogP contribution in [-0.4, -0.2) is 32.7 Å². The highest BCUT2D eigenvalue weighted by atomic mass is 16.5. The lowest BCUT2D eigenvalue weighted by Crippen LogP contribution is -2.29. The minimum absolute atomic E-state index is 0.164. The summed E-state index contributed by atoms with van der Waals surface area (Å²) in [7, 11) is 0. The van der Waals surface area contributed by atoms with Gasteiger partial charge in [-0.2, -0.15) is 5.10 Å². The first-order chi connectivity index (χ1) is 17.5. The van der Waals surface area contributed by atoms with Crippen LogP contribution in [0.25, 0.3) is 11.3 Å². The maximum atomic E-state index is 13.6. The molecule has 0 fully saturated rings. The van der Waals surface area contributed by atoms with Crippen molar-refractivity contribution in [2.45, 2.75) is 52.6 Å². The van der Waals surface area contributed by atoms with Crippen molar-refractivity contribution in [2.24, 2.45) is 0 Å². The number of amides is 1. The second-order valence-electron chi connectivity index (χ2n) is 9.38. The van der Waals surface area contributed by atoms with Crippen molar-refractivity contribution in [1.82, 2.24) is 15.1 Å². The molecule has 5 rings (SSSR count). The van der Waals surface area contributed by atoms with Gasteiger partial charge >= 0.3 is 0 Å².